The van der Waals surface area contributed by atoms with Gasteiger partial charge in [-0.25, -0.2) is 23.9 Å². The lowest BCUT2D eigenvalue weighted by Gasteiger charge is -2.29. The maximum Gasteiger partial charge on any atom is 0.410 e. The number of carbonyl (C=O) groups excluding carboxylic acids is 2. The number of aromatic nitrogens is 4. The first-order chi connectivity index (χ1) is 26.9. The molecule has 13 heteroatoms. The Balaban J connectivity index is 1.45. The number of rotatable bonds is 14. The van der Waals surface area contributed by atoms with Crippen molar-refractivity contribution in [2.24, 2.45) is 0 Å². The second kappa shape index (κ2) is 17.3. The van der Waals surface area contributed by atoms with E-state index in [0.717, 1.165) is 22.9 Å². The van der Waals surface area contributed by atoms with Crippen LogP contribution in [0.1, 0.15) is 54.7 Å². The average molecular weight is 760 g/mol. The van der Waals surface area contributed by atoms with Gasteiger partial charge >= 0.3 is 12.1 Å². The van der Waals surface area contributed by atoms with E-state index >= 15 is 0 Å². The number of carbonyl (C=O) groups is 2. The number of likely N-dealkylation sites (N-methyl/N-ethyl adjacent to an activating group) is 1. The number of pyridine rings is 1. The Bertz CT molecular complexity index is 2220. The highest BCUT2D eigenvalue weighted by Gasteiger charge is 2.28. The Kier molecular flexibility index (Phi) is 12.1. The second-order valence-electron chi connectivity index (χ2n) is 14.4. The highest BCUT2D eigenvalue weighted by atomic mass is 19.1. The molecule has 0 aliphatic carbocycles. The van der Waals surface area contributed by atoms with Gasteiger partial charge in [0, 0.05) is 32.2 Å². The number of ether oxygens (including phenoxy) is 3. The zero-order chi connectivity index (χ0) is 39.8. The molecule has 6 aromatic rings. The van der Waals surface area contributed by atoms with E-state index in [2.05, 4.69) is 39.5 Å². The van der Waals surface area contributed by atoms with Gasteiger partial charge in [0.1, 0.15) is 34.7 Å². The van der Waals surface area contributed by atoms with Gasteiger partial charge in [0.2, 0.25) is 5.88 Å². The normalized spacial score (nSPS) is 11.8. The summed E-state index contributed by atoms with van der Waals surface area (Å²) in [4.78, 5) is 38.7. The summed E-state index contributed by atoms with van der Waals surface area (Å²) in [6, 6.07) is 31.3. The van der Waals surface area contributed by atoms with Crippen LogP contribution >= 0.6 is 0 Å². The molecule has 1 amide bonds. The molecule has 0 spiro atoms. The third-order valence-corrected chi connectivity index (χ3v) is 8.71. The van der Waals surface area contributed by atoms with E-state index in [-0.39, 0.29) is 30.2 Å². The van der Waals surface area contributed by atoms with Crippen molar-refractivity contribution in [1.82, 2.24) is 24.5 Å². The topological polar surface area (TPSA) is 123 Å². The van der Waals surface area contributed by atoms with Crippen LogP contribution < -0.4 is 15.0 Å². The van der Waals surface area contributed by atoms with Crippen LogP contribution in [0.3, 0.4) is 0 Å². The highest BCUT2D eigenvalue weighted by Crippen LogP contribution is 2.39. The Labute approximate surface area is 325 Å². The standard InChI is InChI=1S/C43H46FN7O5/c1-29(26-49(5)42(53)56-43(2,3)4)55-39-33(22-34(44)24-46-39)23-45-37-36(32-20-14-9-15-21-32)40(51-38(48-37)35(25-47-51)41(52)54-6)50(27-30-16-10-7-11-17-30)28-31-18-12-8-13-19-31/h7-22,24-25,29H,23,26-28H2,1-6H3,(H,45,48)/t29-/m0/s1. The number of halogens is 1. The summed E-state index contributed by atoms with van der Waals surface area (Å²) in [5.74, 6) is 0.106. The molecule has 0 aliphatic heterocycles. The molecule has 3 aromatic carbocycles. The predicted octanol–water partition coefficient (Wildman–Crippen LogP) is 8.17. The summed E-state index contributed by atoms with van der Waals surface area (Å²) in [5.41, 5.74) is 3.84. The molecule has 0 aliphatic rings. The van der Waals surface area contributed by atoms with Crippen molar-refractivity contribution >= 4 is 29.3 Å². The maximum absolute atomic E-state index is 14.9. The SMILES string of the molecule is COC(=O)c1cnn2c(N(Cc3ccccc3)Cc3ccccc3)c(-c3ccccc3)c(NCc3cc(F)cnc3O[C@@H](C)CN(C)C(=O)OC(C)(C)C)nc12. The van der Waals surface area contributed by atoms with E-state index in [1.807, 2.05) is 66.7 Å². The van der Waals surface area contributed by atoms with Crippen molar-refractivity contribution in [2.45, 2.75) is 59.0 Å². The quantitative estimate of drug-likeness (QED) is 0.109. The number of nitrogens with one attached hydrogen (secondary N) is 1. The molecule has 12 nitrogen and oxygen atoms in total. The van der Waals surface area contributed by atoms with Crippen molar-refractivity contribution in [3.8, 4) is 17.0 Å². The largest absolute Gasteiger partial charge is 0.473 e. The molecule has 0 saturated heterocycles. The molecule has 0 bridgehead atoms. The van der Waals surface area contributed by atoms with Crippen LogP contribution in [0.2, 0.25) is 0 Å². The molecule has 290 valence electrons. The van der Waals surface area contributed by atoms with Gasteiger partial charge in [-0.15, -0.1) is 0 Å². The lowest BCUT2D eigenvalue weighted by atomic mass is 10.0. The van der Waals surface area contributed by atoms with E-state index in [0.29, 0.717) is 35.9 Å². The Morgan fingerprint density at radius 2 is 1.52 bits per heavy atom. The summed E-state index contributed by atoms with van der Waals surface area (Å²) < 4.78 is 33.4. The summed E-state index contributed by atoms with van der Waals surface area (Å²) in [7, 11) is 2.93. The van der Waals surface area contributed by atoms with Gasteiger partial charge in [-0.05, 0) is 50.5 Å². The molecule has 0 fully saturated rings. The van der Waals surface area contributed by atoms with Crippen LogP contribution in [-0.2, 0) is 29.1 Å². The number of anilines is 2. The van der Waals surface area contributed by atoms with E-state index < -0.39 is 29.6 Å². The van der Waals surface area contributed by atoms with Crippen molar-refractivity contribution < 1.29 is 28.2 Å². The van der Waals surface area contributed by atoms with Gasteiger partial charge in [-0.3, -0.25) is 0 Å². The zero-order valence-electron chi connectivity index (χ0n) is 32.4. The van der Waals surface area contributed by atoms with Gasteiger partial charge in [-0.1, -0.05) is 91.0 Å². The molecule has 0 saturated carbocycles. The fourth-order valence-corrected chi connectivity index (χ4v) is 6.24. The minimum atomic E-state index is -0.656. The fraction of sp³-hybridized carbons (Fsp3) is 0.279. The van der Waals surface area contributed by atoms with Crippen LogP contribution in [0, 0.1) is 5.82 Å². The number of hydrogen-bond donors (Lipinski definition) is 1. The Hall–Kier alpha value is -6.50. The monoisotopic (exact) mass is 759 g/mol. The number of hydrogen-bond acceptors (Lipinski definition) is 10. The van der Waals surface area contributed by atoms with Crippen molar-refractivity contribution in [3.63, 3.8) is 0 Å². The Morgan fingerprint density at radius 3 is 2.11 bits per heavy atom. The lowest BCUT2D eigenvalue weighted by molar-refractivity contribution is 0.0234. The third kappa shape index (κ3) is 9.59. The minimum absolute atomic E-state index is 0.0379. The first-order valence-corrected chi connectivity index (χ1v) is 18.3. The fourth-order valence-electron chi connectivity index (χ4n) is 6.24. The number of methoxy groups -OCH3 is 1. The first kappa shape index (κ1) is 39.2. The molecule has 6 rings (SSSR count). The van der Waals surface area contributed by atoms with Crippen molar-refractivity contribution in [2.75, 3.05) is 30.9 Å². The van der Waals surface area contributed by atoms with Gasteiger partial charge in [-0.2, -0.15) is 9.61 Å². The van der Waals surface area contributed by atoms with Crippen LogP contribution in [0.4, 0.5) is 20.8 Å². The molecule has 1 atom stereocenters. The van der Waals surface area contributed by atoms with Crippen LogP contribution in [0.15, 0.2) is 109 Å². The lowest BCUT2D eigenvalue weighted by Crippen LogP contribution is -2.39. The first-order valence-electron chi connectivity index (χ1n) is 18.3. The number of fused-ring (bicyclic) bond motifs is 1. The van der Waals surface area contributed by atoms with Crippen LogP contribution in [-0.4, -0.2) is 69.0 Å². The van der Waals surface area contributed by atoms with E-state index in [9.17, 15) is 14.0 Å². The maximum atomic E-state index is 14.9. The molecule has 0 radical (unpaired) electrons. The zero-order valence-corrected chi connectivity index (χ0v) is 32.4. The summed E-state index contributed by atoms with van der Waals surface area (Å²) in [6.45, 7) is 8.39. The van der Waals surface area contributed by atoms with Gasteiger partial charge in [0.25, 0.3) is 0 Å². The summed E-state index contributed by atoms with van der Waals surface area (Å²) in [5, 5.41) is 8.16. The minimum Gasteiger partial charge on any atom is -0.473 e. The van der Waals surface area contributed by atoms with Crippen LogP contribution in [0.25, 0.3) is 16.8 Å². The van der Waals surface area contributed by atoms with E-state index in [1.165, 1.54) is 24.3 Å². The highest BCUT2D eigenvalue weighted by molar-refractivity contribution is 5.98. The molecular formula is C43H46FN7O5. The van der Waals surface area contributed by atoms with Gasteiger partial charge in [0.15, 0.2) is 5.65 Å². The molecule has 0 unspecified atom stereocenters. The molecule has 3 heterocycles. The van der Waals surface area contributed by atoms with Crippen molar-refractivity contribution in [1.29, 1.82) is 0 Å². The second-order valence-corrected chi connectivity index (χ2v) is 14.4. The van der Waals surface area contributed by atoms with Gasteiger partial charge < -0.3 is 29.3 Å². The van der Waals surface area contributed by atoms with Crippen molar-refractivity contribution in [3.05, 3.63) is 138 Å². The molecule has 56 heavy (non-hydrogen) atoms. The van der Waals surface area contributed by atoms with Gasteiger partial charge in [0.05, 0.1) is 31.6 Å². The Morgan fingerprint density at radius 1 is 0.911 bits per heavy atom. The summed E-state index contributed by atoms with van der Waals surface area (Å²) >= 11 is 0. The molecule has 1 N–H and O–H groups in total. The van der Waals surface area contributed by atoms with Crippen LogP contribution in [0.5, 0.6) is 5.88 Å². The molecule has 3 aromatic heterocycles. The van der Waals surface area contributed by atoms with E-state index in [4.69, 9.17) is 24.3 Å². The smallest absolute Gasteiger partial charge is 0.410 e. The summed E-state index contributed by atoms with van der Waals surface area (Å²) in [6.07, 6.45) is 1.52. The predicted molar refractivity (Wildman–Crippen MR) is 213 cm³/mol. The third-order valence-electron chi connectivity index (χ3n) is 8.71. The number of nitrogens with zero attached hydrogens (tertiary/aromatic N) is 6. The average Bonchev–Trinajstić information content (AvgIpc) is 3.61. The van der Waals surface area contributed by atoms with E-state index in [1.54, 1.807) is 39.3 Å². The number of esters is 1. The molecular weight excluding hydrogens is 714 g/mol. The number of benzene rings is 3. The number of amides is 1.